The van der Waals surface area contributed by atoms with Crippen molar-refractivity contribution in [2.24, 2.45) is 4.66 Å². The van der Waals surface area contributed by atoms with Gasteiger partial charge in [0.2, 0.25) is 0 Å². The van der Waals surface area contributed by atoms with Gasteiger partial charge in [-0.05, 0) is 13.1 Å². The Morgan fingerprint density at radius 3 is 2.46 bits per heavy atom. The molecule has 0 aromatic heterocycles. The number of rotatable bonds is 1. The number of amidine groups is 1. The molecule has 0 fully saturated rings. The lowest BCUT2D eigenvalue weighted by atomic mass is 10.2. The Labute approximate surface area is 78.6 Å². The molecule has 0 unspecified atom stereocenters. The van der Waals surface area contributed by atoms with Gasteiger partial charge in [-0.25, -0.2) is 0 Å². The van der Waals surface area contributed by atoms with Crippen LogP contribution in [0.15, 0.2) is 35.0 Å². The molecule has 1 heterocycles. The molecule has 2 rings (SSSR count). The lowest BCUT2D eigenvalue weighted by molar-refractivity contribution is 0.267. The topological polar surface area (TPSA) is 33.6 Å². The summed E-state index contributed by atoms with van der Waals surface area (Å²) in [4.78, 5) is 0. The number of hydroxylamine groups is 1. The van der Waals surface area contributed by atoms with Crippen molar-refractivity contribution < 1.29 is 4.53 Å². The standard InChI is InChI=1S/C9H12N2OSi/c1-13(2)11-9(10-12-13)8-6-4-3-5-7-8/h3-7H,1-2H3,(H,10,11). The third kappa shape index (κ3) is 1.79. The van der Waals surface area contributed by atoms with Gasteiger partial charge in [0.05, 0.1) is 0 Å². The fourth-order valence-corrected chi connectivity index (χ4v) is 2.31. The van der Waals surface area contributed by atoms with Crippen molar-refractivity contribution in [2.45, 2.75) is 13.1 Å². The maximum Gasteiger partial charge on any atom is 0.344 e. The Morgan fingerprint density at radius 2 is 1.92 bits per heavy atom. The van der Waals surface area contributed by atoms with Crippen molar-refractivity contribution in [3.63, 3.8) is 0 Å². The Balaban J connectivity index is 2.30. The van der Waals surface area contributed by atoms with Crippen LogP contribution in [0.3, 0.4) is 0 Å². The van der Waals surface area contributed by atoms with E-state index in [0.717, 1.165) is 11.4 Å². The van der Waals surface area contributed by atoms with Gasteiger partial charge in [-0.1, -0.05) is 30.3 Å². The lowest BCUT2D eigenvalue weighted by Gasteiger charge is -2.05. The third-order valence-corrected chi connectivity index (χ3v) is 3.19. The van der Waals surface area contributed by atoms with Crippen LogP contribution in [0.5, 0.6) is 0 Å². The summed E-state index contributed by atoms with van der Waals surface area (Å²) >= 11 is 0. The summed E-state index contributed by atoms with van der Waals surface area (Å²) in [6.45, 7) is 4.10. The highest BCUT2D eigenvalue weighted by Gasteiger charge is 2.30. The first-order valence-electron chi connectivity index (χ1n) is 4.27. The normalized spacial score (nSPS) is 19.4. The average Bonchev–Trinajstić information content (AvgIpc) is 2.48. The SMILES string of the molecule is C[Si]1(C)N=C(c2ccccc2)NO1. The Bertz CT molecular complexity index is 335. The molecule has 0 atom stereocenters. The van der Waals surface area contributed by atoms with Gasteiger partial charge in [-0.3, -0.25) is 14.7 Å². The van der Waals surface area contributed by atoms with Gasteiger partial charge in [-0.15, -0.1) is 0 Å². The van der Waals surface area contributed by atoms with E-state index in [9.17, 15) is 0 Å². The summed E-state index contributed by atoms with van der Waals surface area (Å²) in [7, 11) is -1.81. The van der Waals surface area contributed by atoms with E-state index in [1.807, 2.05) is 30.3 Å². The molecule has 3 nitrogen and oxygen atoms in total. The molecular formula is C9H12N2OSi. The molecule has 4 heteroatoms. The van der Waals surface area contributed by atoms with E-state index in [4.69, 9.17) is 4.53 Å². The molecule has 0 radical (unpaired) electrons. The van der Waals surface area contributed by atoms with Crippen LogP contribution in [0, 0.1) is 0 Å². The van der Waals surface area contributed by atoms with Crippen LogP contribution in [0.1, 0.15) is 5.56 Å². The zero-order valence-corrected chi connectivity index (χ0v) is 8.74. The highest BCUT2D eigenvalue weighted by atomic mass is 28.4. The molecule has 0 spiro atoms. The monoisotopic (exact) mass is 192 g/mol. The van der Waals surface area contributed by atoms with Gasteiger partial charge in [0.15, 0.2) is 0 Å². The molecule has 1 aliphatic heterocycles. The minimum absolute atomic E-state index is 0.859. The van der Waals surface area contributed by atoms with E-state index in [0.29, 0.717) is 0 Å². The molecule has 13 heavy (non-hydrogen) atoms. The minimum atomic E-state index is -1.81. The predicted molar refractivity (Wildman–Crippen MR) is 54.7 cm³/mol. The molecule has 0 amide bonds. The second-order valence-electron chi connectivity index (χ2n) is 3.48. The molecule has 1 aromatic rings. The highest BCUT2D eigenvalue weighted by Crippen LogP contribution is 2.13. The summed E-state index contributed by atoms with van der Waals surface area (Å²) in [5.41, 5.74) is 3.96. The van der Waals surface area contributed by atoms with Crippen molar-refractivity contribution >= 4 is 14.3 Å². The summed E-state index contributed by atoms with van der Waals surface area (Å²) in [5, 5.41) is 0. The van der Waals surface area contributed by atoms with Crippen LogP contribution in [-0.4, -0.2) is 14.3 Å². The molecule has 1 aliphatic rings. The second kappa shape index (κ2) is 2.97. The first-order valence-corrected chi connectivity index (χ1v) is 7.12. The first kappa shape index (κ1) is 8.46. The van der Waals surface area contributed by atoms with Crippen LogP contribution < -0.4 is 5.48 Å². The molecule has 1 aromatic carbocycles. The molecule has 0 saturated carbocycles. The Kier molecular flexibility index (Phi) is 1.94. The predicted octanol–water partition coefficient (Wildman–Crippen LogP) is 1.67. The second-order valence-corrected chi connectivity index (χ2v) is 6.80. The van der Waals surface area contributed by atoms with Crippen molar-refractivity contribution in [1.29, 1.82) is 0 Å². The lowest BCUT2D eigenvalue weighted by Crippen LogP contribution is -2.27. The van der Waals surface area contributed by atoms with E-state index in [2.05, 4.69) is 23.2 Å². The number of benzene rings is 1. The fraction of sp³-hybridized carbons (Fsp3) is 0.222. The summed E-state index contributed by atoms with van der Waals surface area (Å²) in [6.07, 6.45) is 0. The largest absolute Gasteiger partial charge is 0.344 e. The van der Waals surface area contributed by atoms with Gasteiger partial charge in [-0.2, -0.15) is 0 Å². The Hall–Kier alpha value is -1.13. The van der Waals surface area contributed by atoms with E-state index in [1.165, 1.54) is 0 Å². The van der Waals surface area contributed by atoms with Crippen LogP contribution in [0.2, 0.25) is 13.1 Å². The van der Waals surface area contributed by atoms with E-state index in [1.54, 1.807) is 0 Å². The minimum Gasteiger partial charge on any atom is -0.293 e. The van der Waals surface area contributed by atoms with Gasteiger partial charge < -0.3 is 0 Å². The van der Waals surface area contributed by atoms with Crippen LogP contribution >= 0.6 is 0 Å². The fourth-order valence-electron chi connectivity index (χ4n) is 1.21. The smallest absolute Gasteiger partial charge is 0.293 e. The maximum atomic E-state index is 5.39. The molecular weight excluding hydrogens is 180 g/mol. The molecule has 0 saturated heterocycles. The van der Waals surface area contributed by atoms with Crippen molar-refractivity contribution in [1.82, 2.24) is 5.48 Å². The van der Waals surface area contributed by atoms with Crippen molar-refractivity contribution in [3.05, 3.63) is 35.9 Å². The quantitative estimate of drug-likeness (QED) is 0.687. The van der Waals surface area contributed by atoms with E-state index < -0.39 is 8.48 Å². The zero-order chi connectivity index (χ0) is 9.31. The maximum absolute atomic E-state index is 5.39. The highest BCUT2D eigenvalue weighted by molar-refractivity contribution is 6.71. The molecule has 0 bridgehead atoms. The first-order chi connectivity index (χ1) is 6.17. The van der Waals surface area contributed by atoms with E-state index >= 15 is 0 Å². The number of nitrogens with one attached hydrogen (secondary N) is 1. The molecule has 68 valence electrons. The van der Waals surface area contributed by atoms with Crippen molar-refractivity contribution in [3.8, 4) is 0 Å². The average molecular weight is 192 g/mol. The van der Waals surface area contributed by atoms with Gasteiger partial charge >= 0.3 is 8.48 Å². The van der Waals surface area contributed by atoms with Gasteiger partial charge in [0, 0.05) is 5.56 Å². The number of hydrogen-bond acceptors (Lipinski definition) is 3. The molecule has 0 aliphatic carbocycles. The third-order valence-electron chi connectivity index (χ3n) is 1.83. The summed E-state index contributed by atoms with van der Waals surface area (Å²) < 4.78 is 9.91. The zero-order valence-electron chi connectivity index (χ0n) is 7.74. The summed E-state index contributed by atoms with van der Waals surface area (Å²) in [6, 6.07) is 10.0. The Morgan fingerprint density at radius 1 is 1.23 bits per heavy atom. The van der Waals surface area contributed by atoms with E-state index in [-0.39, 0.29) is 0 Å². The number of hydrogen-bond donors (Lipinski definition) is 1. The van der Waals surface area contributed by atoms with Crippen LogP contribution in [0.4, 0.5) is 0 Å². The van der Waals surface area contributed by atoms with Crippen LogP contribution in [0.25, 0.3) is 0 Å². The van der Waals surface area contributed by atoms with Gasteiger partial charge in [0.1, 0.15) is 5.84 Å². The van der Waals surface area contributed by atoms with Gasteiger partial charge in [0.25, 0.3) is 0 Å². The number of nitrogens with zero attached hydrogens (tertiary/aromatic N) is 1. The molecule has 1 N–H and O–H groups in total. The van der Waals surface area contributed by atoms with Crippen molar-refractivity contribution in [2.75, 3.05) is 0 Å². The summed E-state index contributed by atoms with van der Waals surface area (Å²) in [5.74, 6) is 0.859. The van der Waals surface area contributed by atoms with Crippen LogP contribution in [-0.2, 0) is 4.53 Å².